The van der Waals surface area contributed by atoms with Crippen molar-refractivity contribution in [1.29, 1.82) is 0 Å². The Morgan fingerprint density at radius 1 is 1.80 bits per heavy atom. The van der Waals surface area contributed by atoms with Crippen LogP contribution < -0.4 is 0 Å². The van der Waals surface area contributed by atoms with Gasteiger partial charge in [0.1, 0.15) is 0 Å². The van der Waals surface area contributed by atoms with Crippen molar-refractivity contribution in [3.63, 3.8) is 0 Å². The maximum atomic E-state index is 10.3. The molecule has 1 aromatic heterocycles. The van der Waals surface area contributed by atoms with Crippen molar-refractivity contribution in [2.24, 2.45) is 0 Å². The Kier molecular flexibility index (Phi) is 2.10. The Balaban J connectivity index is 2.35. The Labute approximate surface area is 58.6 Å². The number of esters is 1. The molecule has 53 valence electrons. The van der Waals surface area contributed by atoms with Gasteiger partial charge in [0, 0.05) is 12.5 Å². The fourth-order valence-electron chi connectivity index (χ4n) is 0.493. The fraction of sp³-hybridized carbons (Fsp3) is 0.143. The number of hydrogen-bond acceptors (Lipinski definition) is 3. The van der Waals surface area contributed by atoms with Crippen molar-refractivity contribution >= 4 is 5.97 Å². The van der Waals surface area contributed by atoms with Crippen LogP contribution in [0, 0.1) is 6.61 Å². The molecule has 0 aliphatic carbocycles. The third-order valence-electron chi connectivity index (χ3n) is 0.904. The third kappa shape index (κ3) is 1.93. The lowest BCUT2D eigenvalue weighted by Gasteiger charge is -1.94. The summed E-state index contributed by atoms with van der Waals surface area (Å²) in [5.41, 5.74) is 0.746. The molecule has 0 aromatic carbocycles. The molecule has 1 rings (SSSR count). The highest BCUT2D eigenvalue weighted by atomic mass is 16.5. The second kappa shape index (κ2) is 3.06. The molecule has 1 aromatic rings. The van der Waals surface area contributed by atoms with E-state index in [4.69, 9.17) is 4.42 Å². The second-order valence-corrected chi connectivity index (χ2v) is 1.78. The van der Waals surface area contributed by atoms with Crippen molar-refractivity contribution in [1.82, 2.24) is 0 Å². The molecule has 0 unspecified atom stereocenters. The Bertz CT molecular complexity index is 201. The van der Waals surface area contributed by atoms with Crippen LogP contribution >= 0.6 is 0 Å². The minimum atomic E-state index is -0.332. The van der Waals surface area contributed by atoms with E-state index in [0.717, 1.165) is 5.56 Å². The summed E-state index contributed by atoms with van der Waals surface area (Å²) in [4.78, 5) is 10.3. The maximum absolute atomic E-state index is 10.3. The van der Waals surface area contributed by atoms with E-state index in [0.29, 0.717) is 0 Å². The molecule has 1 radical (unpaired) electrons. The highest BCUT2D eigenvalue weighted by Gasteiger charge is 1.96. The zero-order chi connectivity index (χ0) is 7.40. The molecule has 3 heteroatoms. The zero-order valence-corrected chi connectivity index (χ0v) is 5.53. The van der Waals surface area contributed by atoms with E-state index in [1.54, 1.807) is 6.07 Å². The molecule has 0 N–H and O–H groups in total. The van der Waals surface area contributed by atoms with Crippen LogP contribution in [-0.2, 0) is 9.53 Å². The van der Waals surface area contributed by atoms with Gasteiger partial charge in [-0.1, -0.05) is 0 Å². The summed E-state index contributed by atoms with van der Waals surface area (Å²) in [7, 11) is 0. The van der Waals surface area contributed by atoms with Gasteiger partial charge >= 0.3 is 5.97 Å². The van der Waals surface area contributed by atoms with E-state index >= 15 is 0 Å². The van der Waals surface area contributed by atoms with E-state index in [1.165, 1.54) is 26.1 Å². The van der Waals surface area contributed by atoms with Crippen LogP contribution in [0.1, 0.15) is 12.5 Å². The van der Waals surface area contributed by atoms with Crippen LogP contribution in [0.5, 0.6) is 0 Å². The first-order valence-corrected chi connectivity index (χ1v) is 2.81. The predicted octanol–water partition coefficient (Wildman–Crippen LogP) is 1.35. The third-order valence-corrected chi connectivity index (χ3v) is 0.904. The molecule has 0 bridgehead atoms. The van der Waals surface area contributed by atoms with Gasteiger partial charge in [-0.3, -0.25) is 4.79 Å². The van der Waals surface area contributed by atoms with Gasteiger partial charge in [0.25, 0.3) is 0 Å². The first-order valence-electron chi connectivity index (χ1n) is 2.81. The summed E-state index contributed by atoms with van der Waals surface area (Å²) in [6, 6.07) is 1.70. The highest BCUT2D eigenvalue weighted by Crippen LogP contribution is 2.03. The van der Waals surface area contributed by atoms with Crippen molar-refractivity contribution in [2.75, 3.05) is 0 Å². The van der Waals surface area contributed by atoms with E-state index in [2.05, 4.69) is 4.74 Å². The van der Waals surface area contributed by atoms with Gasteiger partial charge in [-0.25, -0.2) is 0 Å². The number of carbonyl (C=O) groups is 1. The van der Waals surface area contributed by atoms with Crippen LogP contribution in [0.15, 0.2) is 23.0 Å². The highest BCUT2D eigenvalue weighted by molar-refractivity contribution is 5.66. The molecular weight excluding hydrogens is 132 g/mol. The predicted molar refractivity (Wildman–Crippen MR) is 33.9 cm³/mol. The first kappa shape index (κ1) is 6.86. The second-order valence-electron chi connectivity index (χ2n) is 1.78. The summed E-state index contributed by atoms with van der Waals surface area (Å²) in [6.07, 6.45) is 3.00. The first-order chi connectivity index (χ1) is 4.79. The van der Waals surface area contributed by atoms with Gasteiger partial charge in [0.05, 0.1) is 12.5 Å². The molecule has 0 aliphatic rings. The van der Waals surface area contributed by atoms with Crippen molar-refractivity contribution in [3.8, 4) is 0 Å². The number of rotatable bonds is 2. The molecule has 1 heterocycles. The van der Waals surface area contributed by atoms with E-state index in [-0.39, 0.29) is 5.97 Å². The average Bonchev–Trinajstić information content (AvgIpc) is 2.34. The fourth-order valence-corrected chi connectivity index (χ4v) is 0.493. The molecule has 0 spiro atoms. The standard InChI is InChI=1S/C7H7O3/c1-6(8)10-5-7-2-3-9-4-7/h2-5H,1H3. The quantitative estimate of drug-likeness (QED) is 0.580. The molecule has 0 saturated heterocycles. The number of carbonyl (C=O) groups excluding carboxylic acids is 1. The molecular formula is C7H7O3. The summed E-state index contributed by atoms with van der Waals surface area (Å²) in [6.45, 7) is 2.68. The summed E-state index contributed by atoms with van der Waals surface area (Å²) in [5.74, 6) is -0.332. The minimum absolute atomic E-state index is 0.332. The molecule has 0 aliphatic heterocycles. The van der Waals surface area contributed by atoms with Crippen LogP contribution in [0.25, 0.3) is 0 Å². The molecule has 0 saturated carbocycles. The van der Waals surface area contributed by atoms with Gasteiger partial charge in [0.15, 0.2) is 6.61 Å². The van der Waals surface area contributed by atoms with Crippen LogP contribution in [-0.4, -0.2) is 5.97 Å². The number of ether oxygens (including phenoxy) is 1. The number of hydrogen-bond donors (Lipinski definition) is 0. The van der Waals surface area contributed by atoms with Gasteiger partial charge in [-0.05, 0) is 6.07 Å². The Morgan fingerprint density at radius 2 is 2.60 bits per heavy atom. The Hall–Kier alpha value is -1.25. The van der Waals surface area contributed by atoms with Crippen LogP contribution in [0.3, 0.4) is 0 Å². The van der Waals surface area contributed by atoms with E-state index < -0.39 is 0 Å². The monoisotopic (exact) mass is 139 g/mol. The SMILES string of the molecule is CC(=O)O[CH]c1ccoc1. The van der Waals surface area contributed by atoms with Gasteiger partial charge in [-0.15, -0.1) is 0 Å². The molecule has 10 heavy (non-hydrogen) atoms. The van der Waals surface area contributed by atoms with Gasteiger partial charge in [0.2, 0.25) is 0 Å². The largest absolute Gasteiger partial charge is 0.472 e. The lowest BCUT2D eigenvalue weighted by molar-refractivity contribution is -0.137. The summed E-state index contributed by atoms with van der Waals surface area (Å²) < 4.78 is 9.29. The normalized spacial score (nSPS) is 9.30. The zero-order valence-electron chi connectivity index (χ0n) is 5.53. The van der Waals surface area contributed by atoms with Gasteiger partial charge < -0.3 is 9.15 Å². The smallest absolute Gasteiger partial charge is 0.303 e. The minimum Gasteiger partial charge on any atom is -0.472 e. The molecule has 0 amide bonds. The van der Waals surface area contributed by atoms with E-state index in [1.807, 2.05) is 0 Å². The Morgan fingerprint density at radius 3 is 3.10 bits per heavy atom. The topological polar surface area (TPSA) is 39.4 Å². The number of furan rings is 1. The maximum Gasteiger partial charge on any atom is 0.303 e. The van der Waals surface area contributed by atoms with Crippen LogP contribution in [0.4, 0.5) is 0 Å². The van der Waals surface area contributed by atoms with E-state index in [9.17, 15) is 4.79 Å². The van der Waals surface area contributed by atoms with Crippen molar-refractivity contribution < 1.29 is 13.9 Å². The van der Waals surface area contributed by atoms with Gasteiger partial charge in [-0.2, -0.15) is 0 Å². The average molecular weight is 139 g/mol. The lowest BCUT2D eigenvalue weighted by atomic mass is 10.4. The summed E-state index contributed by atoms with van der Waals surface area (Å²) in [5, 5.41) is 0. The van der Waals surface area contributed by atoms with Crippen molar-refractivity contribution in [3.05, 3.63) is 30.8 Å². The molecule has 0 fully saturated rings. The van der Waals surface area contributed by atoms with Crippen molar-refractivity contribution in [2.45, 2.75) is 6.92 Å². The molecule has 3 nitrogen and oxygen atoms in total. The summed E-state index contributed by atoms with van der Waals surface area (Å²) >= 11 is 0. The molecule has 0 atom stereocenters. The van der Waals surface area contributed by atoms with Crippen LogP contribution in [0.2, 0.25) is 0 Å². The lowest BCUT2D eigenvalue weighted by Crippen LogP contribution is -1.94.